The molecule has 120 valence electrons. The molecule has 0 aliphatic carbocycles. The van der Waals surface area contributed by atoms with Gasteiger partial charge in [-0.3, -0.25) is 19.8 Å². The lowest BCUT2D eigenvalue weighted by atomic mass is 10.1. The molecule has 2 amide bonds. The minimum absolute atomic E-state index is 0.0128. The fourth-order valence-corrected chi connectivity index (χ4v) is 2.73. The summed E-state index contributed by atoms with van der Waals surface area (Å²) in [4.78, 5) is 26.3. The van der Waals surface area contributed by atoms with Crippen molar-refractivity contribution in [2.45, 2.75) is 6.92 Å². The third-order valence-corrected chi connectivity index (χ3v) is 3.98. The molecular weight excluding hydrogens is 324 g/mol. The zero-order chi connectivity index (χ0) is 17.3. The minimum atomic E-state index is -0.585. The summed E-state index contributed by atoms with van der Waals surface area (Å²) in [5, 5.41) is 12.4. The van der Waals surface area contributed by atoms with Gasteiger partial charge in [-0.2, -0.15) is 0 Å². The summed E-state index contributed by atoms with van der Waals surface area (Å²) in [6.07, 6.45) is 1.36. The van der Waals surface area contributed by atoms with Crippen LogP contribution in [0.5, 0.6) is 5.75 Å². The molecule has 2 aromatic rings. The van der Waals surface area contributed by atoms with E-state index in [0.717, 1.165) is 5.56 Å². The van der Waals surface area contributed by atoms with Crippen molar-refractivity contribution in [3.05, 3.63) is 65.2 Å². The quantitative estimate of drug-likeness (QED) is 0.502. The Hall–Kier alpha value is -2.99. The number of hydrogen-bond donors (Lipinski definition) is 2. The number of para-hydroxylation sites is 2. The molecule has 1 aliphatic rings. The van der Waals surface area contributed by atoms with Crippen molar-refractivity contribution in [2.24, 2.45) is 0 Å². The predicted molar refractivity (Wildman–Crippen MR) is 95.5 cm³/mol. The van der Waals surface area contributed by atoms with Crippen LogP contribution < -0.4 is 10.2 Å². The highest BCUT2D eigenvalue weighted by atomic mass is 32.1. The number of nitrogens with one attached hydrogen (secondary N) is 1. The van der Waals surface area contributed by atoms with Crippen LogP contribution in [0.2, 0.25) is 0 Å². The van der Waals surface area contributed by atoms with Crippen LogP contribution in [-0.4, -0.2) is 22.0 Å². The number of benzene rings is 2. The smallest absolute Gasteiger partial charge is 0.270 e. The van der Waals surface area contributed by atoms with Gasteiger partial charge in [-0.15, -0.1) is 0 Å². The molecule has 5 nitrogen and oxygen atoms in total. The van der Waals surface area contributed by atoms with Crippen molar-refractivity contribution in [3.63, 3.8) is 0 Å². The van der Waals surface area contributed by atoms with Crippen molar-refractivity contribution in [3.8, 4) is 5.75 Å². The lowest BCUT2D eigenvalue weighted by molar-refractivity contribution is -0.122. The monoisotopic (exact) mass is 338 g/mol. The van der Waals surface area contributed by atoms with Gasteiger partial charge in [0.2, 0.25) is 0 Å². The SMILES string of the molecule is Cc1ccccc1N1C(=O)/C(=C/c2ccccc2O)C(=O)NC1=S. The second-order valence-corrected chi connectivity index (χ2v) is 5.69. The number of aryl methyl sites for hydroxylation is 1. The molecule has 0 aromatic heterocycles. The van der Waals surface area contributed by atoms with E-state index in [1.54, 1.807) is 30.3 Å². The lowest BCUT2D eigenvalue weighted by Crippen LogP contribution is -2.54. The maximum Gasteiger partial charge on any atom is 0.270 e. The first kappa shape index (κ1) is 15.9. The number of hydrogen-bond acceptors (Lipinski definition) is 4. The second kappa shape index (κ2) is 6.25. The summed E-state index contributed by atoms with van der Waals surface area (Å²) in [5.41, 5.74) is 1.75. The fraction of sp³-hybridized carbons (Fsp3) is 0.0556. The van der Waals surface area contributed by atoms with Gasteiger partial charge in [0.1, 0.15) is 11.3 Å². The van der Waals surface area contributed by atoms with Crippen LogP contribution in [0.1, 0.15) is 11.1 Å². The molecule has 3 rings (SSSR count). The molecule has 24 heavy (non-hydrogen) atoms. The highest BCUT2D eigenvalue weighted by molar-refractivity contribution is 7.80. The first-order valence-corrected chi connectivity index (χ1v) is 7.65. The summed E-state index contributed by atoms with van der Waals surface area (Å²) in [6, 6.07) is 13.7. The van der Waals surface area contributed by atoms with Gasteiger partial charge in [0.05, 0.1) is 5.69 Å². The molecule has 0 spiro atoms. The van der Waals surface area contributed by atoms with Gasteiger partial charge in [-0.1, -0.05) is 36.4 Å². The number of thiocarbonyl (C=S) groups is 1. The fourth-order valence-electron chi connectivity index (χ4n) is 2.46. The van der Waals surface area contributed by atoms with E-state index in [1.165, 1.54) is 17.0 Å². The molecule has 0 radical (unpaired) electrons. The Morgan fingerprint density at radius 3 is 2.46 bits per heavy atom. The van der Waals surface area contributed by atoms with E-state index >= 15 is 0 Å². The summed E-state index contributed by atoms with van der Waals surface area (Å²) >= 11 is 5.16. The van der Waals surface area contributed by atoms with E-state index in [4.69, 9.17) is 12.2 Å². The van der Waals surface area contributed by atoms with E-state index in [-0.39, 0.29) is 16.4 Å². The van der Waals surface area contributed by atoms with Gasteiger partial charge >= 0.3 is 0 Å². The van der Waals surface area contributed by atoms with Gasteiger partial charge in [0.15, 0.2) is 5.11 Å². The number of phenols is 1. The number of anilines is 1. The van der Waals surface area contributed by atoms with Gasteiger partial charge in [0, 0.05) is 5.56 Å². The van der Waals surface area contributed by atoms with Gasteiger partial charge < -0.3 is 5.11 Å². The maximum atomic E-state index is 12.8. The number of rotatable bonds is 2. The van der Waals surface area contributed by atoms with Crippen molar-refractivity contribution in [2.75, 3.05) is 4.90 Å². The Kier molecular flexibility index (Phi) is 4.14. The summed E-state index contributed by atoms with van der Waals surface area (Å²) in [6.45, 7) is 1.86. The minimum Gasteiger partial charge on any atom is -0.507 e. The van der Waals surface area contributed by atoms with Crippen molar-refractivity contribution in [1.29, 1.82) is 0 Å². The summed E-state index contributed by atoms with van der Waals surface area (Å²) in [7, 11) is 0. The van der Waals surface area contributed by atoms with Crippen LogP contribution in [0.15, 0.2) is 54.1 Å². The van der Waals surface area contributed by atoms with Crippen LogP contribution in [0.3, 0.4) is 0 Å². The molecule has 6 heteroatoms. The molecule has 0 saturated carbocycles. The molecule has 0 atom stereocenters. The van der Waals surface area contributed by atoms with Crippen LogP contribution >= 0.6 is 12.2 Å². The number of amides is 2. The van der Waals surface area contributed by atoms with Gasteiger partial charge in [-0.25, -0.2) is 0 Å². The van der Waals surface area contributed by atoms with Crippen molar-refractivity contribution >= 4 is 40.9 Å². The van der Waals surface area contributed by atoms with Crippen molar-refractivity contribution in [1.82, 2.24) is 5.32 Å². The third kappa shape index (κ3) is 2.79. The Balaban J connectivity index is 2.07. The topological polar surface area (TPSA) is 69.6 Å². The Morgan fingerprint density at radius 2 is 1.75 bits per heavy atom. The van der Waals surface area contributed by atoms with Crippen molar-refractivity contribution < 1.29 is 14.7 Å². The lowest BCUT2D eigenvalue weighted by Gasteiger charge is -2.30. The molecule has 1 saturated heterocycles. The normalized spacial score (nSPS) is 16.5. The van der Waals surface area contributed by atoms with E-state index in [0.29, 0.717) is 11.3 Å². The van der Waals surface area contributed by atoms with Crippen LogP contribution in [0.4, 0.5) is 5.69 Å². The first-order chi connectivity index (χ1) is 11.5. The van der Waals surface area contributed by atoms with E-state index < -0.39 is 11.8 Å². The van der Waals surface area contributed by atoms with E-state index in [1.807, 2.05) is 19.1 Å². The number of aromatic hydroxyl groups is 1. The molecular formula is C18H14N2O3S. The number of nitrogens with zero attached hydrogens (tertiary/aromatic N) is 1. The zero-order valence-electron chi connectivity index (χ0n) is 12.8. The molecule has 0 unspecified atom stereocenters. The molecule has 2 N–H and O–H groups in total. The highest BCUT2D eigenvalue weighted by Crippen LogP contribution is 2.26. The van der Waals surface area contributed by atoms with Crippen LogP contribution in [0.25, 0.3) is 6.08 Å². The average molecular weight is 338 g/mol. The maximum absolute atomic E-state index is 12.8. The Morgan fingerprint density at radius 1 is 1.08 bits per heavy atom. The molecule has 2 aromatic carbocycles. The number of carbonyl (C=O) groups is 2. The van der Waals surface area contributed by atoms with E-state index in [9.17, 15) is 14.7 Å². The Labute approximate surface area is 144 Å². The van der Waals surface area contributed by atoms with Gasteiger partial charge in [0.25, 0.3) is 11.8 Å². The predicted octanol–water partition coefficient (Wildman–Crippen LogP) is 2.53. The van der Waals surface area contributed by atoms with Crippen LogP contribution in [0, 0.1) is 6.92 Å². The summed E-state index contributed by atoms with van der Waals surface area (Å²) < 4.78 is 0. The van der Waals surface area contributed by atoms with E-state index in [2.05, 4.69) is 5.32 Å². The van der Waals surface area contributed by atoms with Gasteiger partial charge in [-0.05, 0) is 42.9 Å². The Bertz CT molecular complexity index is 889. The molecule has 1 heterocycles. The zero-order valence-corrected chi connectivity index (χ0v) is 13.6. The standard InChI is InChI=1S/C18H14N2O3S/c1-11-6-2-4-8-14(11)20-17(23)13(16(22)19-18(20)24)10-12-7-3-5-9-15(12)21/h2-10,21H,1H3,(H,19,22,24)/b13-10+. The second-order valence-electron chi connectivity index (χ2n) is 5.30. The average Bonchev–Trinajstić information content (AvgIpc) is 2.54. The summed E-state index contributed by atoms with van der Waals surface area (Å²) in [5.74, 6) is -1.12. The largest absolute Gasteiger partial charge is 0.507 e. The molecule has 1 aliphatic heterocycles. The van der Waals surface area contributed by atoms with Crippen LogP contribution in [-0.2, 0) is 9.59 Å². The number of carbonyl (C=O) groups excluding carboxylic acids is 2. The number of phenolic OH excluding ortho intramolecular Hbond substituents is 1. The third-order valence-electron chi connectivity index (χ3n) is 3.69. The first-order valence-electron chi connectivity index (χ1n) is 7.24. The molecule has 0 bridgehead atoms. The molecule has 1 fully saturated rings. The highest BCUT2D eigenvalue weighted by Gasteiger charge is 2.35.